The Kier molecular flexibility index (Phi) is 7.82. The summed E-state index contributed by atoms with van der Waals surface area (Å²) in [6.07, 6.45) is 4.67. The summed E-state index contributed by atoms with van der Waals surface area (Å²) in [4.78, 5) is 11.2. The number of hydrogen-bond acceptors (Lipinski definition) is 3. The number of nitrogens with zero attached hydrogens (tertiary/aromatic N) is 2. The third kappa shape index (κ3) is 5.48. The van der Waals surface area contributed by atoms with E-state index in [9.17, 15) is 9.90 Å². The van der Waals surface area contributed by atoms with Gasteiger partial charge in [0.1, 0.15) is 18.0 Å². The van der Waals surface area contributed by atoms with Crippen LogP contribution in [0.25, 0.3) is 17.8 Å². The quantitative estimate of drug-likeness (QED) is 0.240. The van der Waals surface area contributed by atoms with Gasteiger partial charge in [0.2, 0.25) is 0 Å². The normalized spacial score (nSPS) is 11.2. The van der Waals surface area contributed by atoms with Gasteiger partial charge >= 0.3 is 5.97 Å². The summed E-state index contributed by atoms with van der Waals surface area (Å²) in [6, 6.07) is 18.1. The SMILES string of the molecule is CCc1c(C)nn(-c2c(Cl)cccc2Cl)c1COc1ccc(/C=C/c2cccc(C(=O)O)c2)c(C)c1. The van der Waals surface area contributed by atoms with Crippen LogP contribution in [0.15, 0.2) is 60.7 Å². The fraction of sp³-hybridized carbons (Fsp3) is 0.172. The molecule has 0 amide bonds. The van der Waals surface area contributed by atoms with Crippen molar-refractivity contribution >= 4 is 41.3 Å². The molecule has 4 rings (SSSR count). The molecule has 0 aliphatic heterocycles. The van der Waals surface area contributed by atoms with E-state index >= 15 is 0 Å². The number of hydrogen-bond donors (Lipinski definition) is 1. The summed E-state index contributed by atoms with van der Waals surface area (Å²) in [5, 5.41) is 14.9. The zero-order valence-electron chi connectivity index (χ0n) is 20.3. The zero-order chi connectivity index (χ0) is 25.8. The first kappa shape index (κ1) is 25.5. The maximum absolute atomic E-state index is 11.2. The molecule has 0 saturated heterocycles. The van der Waals surface area contributed by atoms with E-state index < -0.39 is 5.97 Å². The molecule has 1 heterocycles. The second-order valence-corrected chi connectivity index (χ2v) is 9.23. The lowest BCUT2D eigenvalue weighted by atomic mass is 10.1. The van der Waals surface area contributed by atoms with Gasteiger partial charge in [-0.05, 0) is 78.9 Å². The molecule has 36 heavy (non-hydrogen) atoms. The summed E-state index contributed by atoms with van der Waals surface area (Å²) >= 11 is 12.9. The maximum Gasteiger partial charge on any atom is 0.335 e. The second-order valence-electron chi connectivity index (χ2n) is 8.42. The number of aryl methyl sites for hydroxylation is 2. The van der Waals surface area contributed by atoms with Crippen LogP contribution in [0.3, 0.4) is 0 Å². The van der Waals surface area contributed by atoms with Crippen LogP contribution in [0.4, 0.5) is 0 Å². The number of carboxylic acid groups (broad SMARTS) is 1. The van der Waals surface area contributed by atoms with Gasteiger partial charge in [0, 0.05) is 0 Å². The largest absolute Gasteiger partial charge is 0.487 e. The highest BCUT2D eigenvalue weighted by Gasteiger charge is 2.19. The zero-order valence-corrected chi connectivity index (χ0v) is 21.8. The van der Waals surface area contributed by atoms with Crippen LogP contribution in [0.5, 0.6) is 5.75 Å². The highest BCUT2D eigenvalue weighted by atomic mass is 35.5. The molecule has 7 heteroatoms. The summed E-state index contributed by atoms with van der Waals surface area (Å²) in [7, 11) is 0. The van der Waals surface area contributed by atoms with Crippen LogP contribution in [-0.2, 0) is 13.0 Å². The monoisotopic (exact) mass is 520 g/mol. The number of carbonyl (C=O) groups is 1. The van der Waals surface area contributed by atoms with E-state index in [1.165, 1.54) is 0 Å². The minimum atomic E-state index is -0.942. The Bertz CT molecular complexity index is 1440. The minimum Gasteiger partial charge on any atom is -0.487 e. The number of benzene rings is 3. The lowest BCUT2D eigenvalue weighted by Gasteiger charge is -2.14. The molecule has 0 atom stereocenters. The van der Waals surface area contributed by atoms with E-state index in [1.54, 1.807) is 35.0 Å². The fourth-order valence-electron chi connectivity index (χ4n) is 4.13. The molecule has 0 spiro atoms. The molecular weight excluding hydrogens is 495 g/mol. The Morgan fingerprint density at radius 2 is 1.75 bits per heavy atom. The van der Waals surface area contributed by atoms with Crippen molar-refractivity contribution in [3.8, 4) is 11.4 Å². The van der Waals surface area contributed by atoms with Crippen molar-refractivity contribution in [2.45, 2.75) is 33.8 Å². The Morgan fingerprint density at radius 1 is 1.03 bits per heavy atom. The van der Waals surface area contributed by atoms with Crippen molar-refractivity contribution in [1.29, 1.82) is 0 Å². The van der Waals surface area contributed by atoms with Gasteiger partial charge in [-0.1, -0.05) is 66.5 Å². The molecule has 0 aliphatic rings. The Morgan fingerprint density at radius 3 is 2.42 bits per heavy atom. The van der Waals surface area contributed by atoms with Crippen LogP contribution in [0.2, 0.25) is 10.0 Å². The van der Waals surface area contributed by atoms with Gasteiger partial charge in [0.05, 0.1) is 27.0 Å². The van der Waals surface area contributed by atoms with Crippen molar-refractivity contribution in [3.63, 3.8) is 0 Å². The number of aromatic carboxylic acids is 1. The van der Waals surface area contributed by atoms with Gasteiger partial charge in [-0.3, -0.25) is 0 Å². The first-order valence-corrected chi connectivity index (χ1v) is 12.3. The molecule has 0 radical (unpaired) electrons. The number of aromatic nitrogens is 2. The number of halogens is 2. The van der Waals surface area contributed by atoms with Crippen molar-refractivity contribution in [2.24, 2.45) is 0 Å². The first-order valence-electron chi connectivity index (χ1n) is 11.5. The van der Waals surface area contributed by atoms with Crippen LogP contribution in [0.1, 0.15) is 50.9 Å². The van der Waals surface area contributed by atoms with Crippen molar-refractivity contribution in [2.75, 3.05) is 0 Å². The lowest BCUT2D eigenvalue weighted by molar-refractivity contribution is 0.0697. The number of carboxylic acids is 1. The van der Waals surface area contributed by atoms with Crippen LogP contribution in [0, 0.1) is 13.8 Å². The van der Waals surface area contributed by atoms with Gasteiger partial charge in [0.25, 0.3) is 0 Å². The minimum absolute atomic E-state index is 0.261. The number of ether oxygens (including phenoxy) is 1. The van der Waals surface area contributed by atoms with Gasteiger partial charge in [0.15, 0.2) is 0 Å². The van der Waals surface area contributed by atoms with Crippen LogP contribution >= 0.6 is 23.2 Å². The van der Waals surface area contributed by atoms with Gasteiger partial charge in [-0.2, -0.15) is 5.10 Å². The third-order valence-electron chi connectivity index (χ3n) is 6.00. The average Bonchev–Trinajstić information content (AvgIpc) is 3.16. The van der Waals surface area contributed by atoms with E-state index in [1.807, 2.05) is 56.3 Å². The van der Waals surface area contributed by atoms with E-state index in [0.29, 0.717) is 22.3 Å². The summed E-state index contributed by atoms with van der Waals surface area (Å²) in [5.41, 5.74) is 6.70. The molecule has 1 aromatic heterocycles. The van der Waals surface area contributed by atoms with Crippen molar-refractivity contribution in [3.05, 3.63) is 110 Å². The maximum atomic E-state index is 11.2. The van der Waals surface area contributed by atoms with Gasteiger partial charge in [-0.25, -0.2) is 9.48 Å². The summed E-state index contributed by atoms with van der Waals surface area (Å²) in [6.45, 7) is 6.38. The van der Waals surface area contributed by atoms with Crippen LogP contribution in [-0.4, -0.2) is 20.9 Å². The highest BCUT2D eigenvalue weighted by Crippen LogP contribution is 2.31. The van der Waals surface area contributed by atoms with E-state index in [4.69, 9.17) is 33.0 Å². The second kappa shape index (κ2) is 11.0. The van der Waals surface area contributed by atoms with Crippen molar-refractivity contribution < 1.29 is 14.6 Å². The Labute approximate surface area is 220 Å². The van der Waals surface area contributed by atoms with Crippen molar-refractivity contribution in [1.82, 2.24) is 9.78 Å². The molecule has 4 aromatic rings. The highest BCUT2D eigenvalue weighted by molar-refractivity contribution is 6.37. The molecule has 1 N–H and O–H groups in total. The van der Waals surface area contributed by atoms with Gasteiger partial charge in [-0.15, -0.1) is 0 Å². The summed E-state index contributed by atoms with van der Waals surface area (Å²) in [5.74, 6) is -0.210. The third-order valence-corrected chi connectivity index (χ3v) is 6.61. The molecule has 0 aliphatic carbocycles. The summed E-state index contributed by atoms with van der Waals surface area (Å²) < 4.78 is 7.98. The fourth-order valence-corrected chi connectivity index (χ4v) is 4.69. The van der Waals surface area contributed by atoms with E-state index in [0.717, 1.165) is 45.8 Å². The Hall–Kier alpha value is -3.54. The number of rotatable bonds is 8. The standard InChI is InChI=1S/C29H26Cl2N2O3/c1-4-24-19(3)32-33(28-25(30)9-6-10-26(28)31)27(24)17-36-23-14-13-21(18(2)15-23)12-11-20-7-5-8-22(16-20)29(34)35/h5-16H,4,17H2,1-3H3,(H,34,35)/b12-11+. The molecule has 0 unspecified atom stereocenters. The molecule has 3 aromatic carbocycles. The van der Waals surface area contributed by atoms with E-state index in [2.05, 4.69) is 6.92 Å². The molecule has 184 valence electrons. The molecule has 0 fully saturated rings. The topological polar surface area (TPSA) is 64.4 Å². The molecule has 0 bridgehead atoms. The first-order chi connectivity index (χ1) is 17.3. The number of para-hydroxylation sites is 1. The lowest BCUT2D eigenvalue weighted by Crippen LogP contribution is -2.08. The van der Waals surface area contributed by atoms with E-state index in [-0.39, 0.29) is 5.56 Å². The predicted molar refractivity (Wildman–Crippen MR) is 146 cm³/mol. The average molecular weight is 521 g/mol. The predicted octanol–water partition coefficient (Wildman–Crippen LogP) is 7.81. The molecule has 0 saturated carbocycles. The molecular formula is C29H26Cl2N2O3. The van der Waals surface area contributed by atoms with Crippen LogP contribution < -0.4 is 4.74 Å². The Balaban J connectivity index is 1.56. The van der Waals surface area contributed by atoms with Gasteiger partial charge < -0.3 is 9.84 Å². The molecule has 5 nitrogen and oxygen atoms in total. The smallest absolute Gasteiger partial charge is 0.335 e.